The summed E-state index contributed by atoms with van der Waals surface area (Å²) in [5.74, 6) is 1.19. The van der Waals surface area contributed by atoms with Crippen molar-refractivity contribution >= 4 is 11.8 Å². The number of aromatic nitrogens is 2. The molecule has 3 saturated heterocycles. The fourth-order valence-electron chi connectivity index (χ4n) is 3.57. The van der Waals surface area contributed by atoms with Gasteiger partial charge in [0.1, 0.15) is 6.10 Å². The number of nitrogens with zero attached hydrogens (tertiary/aromatic N) is 3. The second-order valence-corrected chi connectivity index (χ2v) is 6.54. The van der Waals surface area contributed by atoms with Gasteiger partial charge in [-0.3, -0.25) is 10.2 Å². The highest BCUT2D eigenvalue weighted by Crippen LogP contribution is 2.30. The minimum Gasteiger partial charge on any atom is -0.472 e. The lowest BCUT2D eigenvalue weighted by atomic mass is 9.86. The van der Waals surface area contributed by atoms with Crippen molar-refractivity contribution in [2.24, 2.45) is 5.92 Å². The maximum Gasteiger partial charge on any atom is 0.409 e. The molecule has 1 aromatic carbocycles. The molecule has 25 heavy (non-hydrogen) atoms. The lowest BCUT2D eigenvalue weighted by Crippen LogP contribution is -2.52. The van der Waals surface area contributed by atoms with E-state index in [1.54, 1.807) is 24.5 Å². The second kappa shape index (κ2) is 6.68. The van der Waals surface area contributed by atoms with Crippen molar-refractivity contribution in [3.63, 3.8) is 0 Å². The highest BCUT2D eigenvalue weighted by atomic mass is 16.5. The van der Waals surface area contributed by atoms with Crippen LogP contribution in [0.2, 0.25) is 0 Å². The first kappa shape index (κ1) is 15.8. The molecule has 4 heterocycles. The zero-order valence-corrected chi connectivity index (χ0v) is 13.8. The van der Waals surface area contributed by atoms with E-state index in [0.29, 0.717) is 17.5 Å². The van der Waals surface area contributed by atoms with Crippen LogP contribution in [0.3, 0.4) is 0 Å². The third kappa shape index (κ3) is 3.56. The molecule has 2 aromatic rings. The third-order valence-corrected chi connectivity index (χ3v) is 4.93. The summed E-state index contributed by atoms with van der Waals surface area (Å²) >= 11 is 0. The Kier molecular flexibility index (Phi) is 4.23. The summed E-state index contributed by atoms with van der Waals surface area (Å²) in [4.78, 5) is 21.9. The SMILES string of the molecule is O=C(O)Nc1ccc(-c2cnc(O[C@H]3CN4CCC3CC4)cn2)cc1. The molecule has 0 spiro atoms. The van der Waals surface area contributed by atoms with Gasteiger partial charge in [0, 0.05) is 17.8 Å². The smallest absolute Gasteiger partial charge is 0.409 e. The number of hydrogen-bond acceptors (Lipinski definition) is 5. The van der Waals surface area contributed by atoms with Crippen LogP contribution in [-0.2, 0) is 0 Å². The van der Waals surface area contributed by atoms with Crippen molar-refractivity contribution in [2.45, 2.75) is 18.9 Å². The van der Waals surface area contributed by atoms with E-state index >= 15 is 0 Å². The summed E-state index contributed by atoms with van der Waals surface area (Å²) < 4.78 is 6.05. The van der Waals surface area contributed by atoms with Gasteiger partial charge in [-0.2, -0.15) is 0 Å². The summed E-state index contributed by atoms with van der Waals surface area (Å²) in [5, 5.41) is 11.0. The van der Waals surface area contributed by atoms with E-state index < -0.39 is 6.09 Å². The number of hydrogen-bond donors (Lipinski definition) is 2. The van der Waals surface area contributed by atoms with Gasteiger partial charge in [-0.25, -0.2) is 14.8 Å². The van der Waals surface area contributed by atoms with Crippen LogP contribution >= 0.6 is 0 Å². The molecule has 0 saturated carbocycles. The zero-order chi connectivity index (χ0) is 17.2. The molecule has 5 rings (SSSR count). The van der Waals surface area contributed by atoms with Gasteiger partial charge in [0.05, 0.1) is 18.1 Å². The molecule has 3 fully saturated rings. The van der Waals surface area contributed by atoms with Gasteiger partial charge >= 0.3 is 6.09 Å². The Morgan fingerprint density at radius 1 is 1.16 bits per heavy atom. The maximum atomic E-state index is 10.6. The first-order valence-corrected chi connectivity index (χ1v) is 8.49. The molecule has 0 aliphatic carbocycles. The number of ether oxygens (including phenoxy) is 1. The number of fused-ring (bicyclic) bond motifs is 3. The molecule has 7 nitrogen and oxygen atoms in total. The van der Waals surface area contributed by atoms with E-state index in [9.17, 15) is 4.79 Å². The molecule has 0 radical (unpaired) electrons. The monoisotopic (exact) mass is 340 g/mol. The first-order valence-electron chi connectivity index (χ1n) is 8.49. The van der Waals surface area contributed by atoms with Gasteiger partial charge in [0.15, 0.2) is 0 Å². The zero-order valence-electron chi connectivity index (χ0n) is 13.8. The quantitative estimate of drug-likeness (QED) is 0.890. The predicted molar refractivity (Wildman–Crippen MR) is 92.7 cm³/mol. The summed E-state index contributed by atoms with van der Waals surface area (Å²) in [6.07, 6.45) is 4.89. The Bertz CT molecular complexity index is 740. The highest BCUT2D eigenvalue weighted by molar-refractivity contribution is 5.83. The molecule has 1 amide bonds. The van der Waals surface area contributed by atoms with Crippen molar-refractivity contribution in [1.29, 1.82) is 0 Å². The van der Waals surface area contributed by atoms with Crippen LogP contribution in [0.1, 0.15) is 12.8 Å². The lowest BCUT2D eigenvalue weighted by Gasteiger charge is -2.44. The molecule has 3 aliphatic heterocycles. The average Bonchev–Trinajstić information content (AvgIpc) is 2.64. The van der Waals surface area contributed by atoms with Crippen LogP contribution in [0, 0.1) is 5.92 Å². The maximum absolute atomic E-state index is 10.6. The standard InChI is InChI=1S/C18H20N4O3/c23-18(24)21-14-3-1-12(2-4-14)15-9-20-17(10-19-15)25-16-11-22-7-5-13(16)6-8-22/h1-4,9-10,13,16,21H,5-8,11H2,(H,23,24)/t16-/m0/s1. The van der Waals surface area contributed by atoms with Crippen LogP contribution < -0.4 is 10.1 Å². The minimum atomic E-state index is -1.08. The number of rotatable bonds is 4. The van der Waals surface area contributed by atoms with Crippen LogP contribution in [0.4, 0.5) is 10.5 Å². The van der Waals surface area contributed by atoms with E-state index in [-0.39, 0.29) is 6.10 Å². The van der Waals surface area contributed by atoms with E-state index in [1.807, 2.05) is 12.1 Å². The van der Waals surface area contributed by atoms with Crippen molar-refractivity contribution in [3.8, 4) is 17.1 Å². The van der Waals surface area contributed by atoms with Gasteiger partial charge in [0.2, 0.25) is 5.88 Å². The van der Waals surface area contributed by atoms with E-state index in [2.05, 4.69) is 20.2 Å². The third-order valence-electron chi connectivity index (χ3n) is 4.93. The van der Waals surface area contributed by atoms with Crippen molar-refractivity contribution in [1.82, 2.24) is 14.9 Å². The van der Waals surface area contributed by atoms with E-state index in [0.717, 1.165) is 17.8 Å². The molecule has 0 unspecified atom stereocenters. The number of carbonyl (C=O) groups is 1. The normalized spacial score (nSPS) is 24.7. The van der Waals surface area contributed by atoms with E-state index in [4.69, 9.17) is 9.84 Å². The number of amides is 1. The fourth-order valence-corrected chi connectivity index (χ4v) is 3.57. The number of anilines is 1. The molecule has 1 atom stereocenters. The first-order chi connectivity index (χ1) is 12.2. The highest BCUT2D eigenvalue weighted by Gasteiger charge is 2.35. The van der Waals surface area contributed by atoms with Gasteiger partial charge < -0.3 is 9.84 Å². The van der Waals surface area contributed by atoms with Gasteiger partial charge in [-0.05, 0) is 44.0 Å². The minimum absolute atomic E-state index is 0.212. The number of benzene rings is 1. The van der Waals surface area contributed by atoms with E-state index in [1.165, 1.54) is 25.9 Å². The van der Waals surface area contributed by atoms with Crippen molar-refractivity contribution in [2.75, 3.05) is 25.0 Å². The molecule has 130 valence electrons. The van der Waals surface area contributed by atoms with Gasteiger partial charge in [-0.15, -0.1) is 0 Å². The summed E-state index contributed by atoms with van der Waals surface area (Å²) in [6, 6.07) is 7.01. The summed E-state index contributed by atoms with van der Waals surface area (Å²) in [5.41, 5.74) is 2.12. The molecular weight excluding hydrogens is 320 g/mol. The van der Waals surface area contributed by atoms with Crippen molar-refractivity contribution < 1.29 is 14.6 Å². The Labute approximate surface area is 145 Å². The molecule has 7 heteroatoms. The molecule has 1 aromatic heterocycles. The molecular formula is C18H20N4O3. The molecule has 2 N–H and O–H groups in total. The van der Waals surface area contributed by atoms with Crippen LogP contribution in [0.15, 0.2) is 36.7 Å². The van der Waals surface area contributed by atoms with Crippen LogP contribution in [0.5, 0.6) is 5.88 Å². The molecule has 2 bridgehead atoms. The molecule has 3 aliphatic rings. The van der Waals surface area contributed by atoms with Crippen molar-refractivity contribution in [3.05, 3.63) is 36.7 Å². The number of nitrogens with one attached hydrogen (secondary N) is 1. The Morgan fingerprint density at radius 3 is 2.48 bits per heavy atom. The van der Waals surface area contributed by atoms with Crippen LogP contribution in [0.25, 0.3) is 11.3 Å². The number of piperidine rings is 3. The van der Waals surface area contributed by atoms with Gasteiger partial charge in [0.25, 0.3) is 0 Å². The average molecular weight is 340 g/mol. The fraction of sp³-hybridized carbons (Fsp3) is 0.389. The lowest BCUT2D eigenvalue weighted by molar-refractivity contribution is -0.0101. The second-order valence-electron chi connectivity index (χ2n) is 6.54. The summed E-state index contributed by atoms with van der Waals surface area (Å²) in [7, 11) is 0. The Morgan fingerprint density at radius 2 is 1.92 bits per heavy atom. The topological polar surface area (TPSA) is 87.6 Å². The largest absolute Gasteiger partial charge is 0.472 e. The summed E-state index contributed by atoms with van der Waals surface area (Å²) in [6.45, 7) is 3.34. The predicted octanol–water partition coefficient (Wildman–Crippen LogP) is 2.71. The Hall–Kier alpha value is -2.67. The number of carboxylic acid groups (broad SMARTS) is 1. The van der Waals surface area contributed by atoms with Crippen LogP contribution in [-0.4, -0.2) is 51.8 Å². The Balaban J connectivity index is 1.42. The van der Waals surface area contributed by atoms with Gasteiger partial charge in [-0.1, -0.05) is 12.1 Å².